The van der Waals surface area contributed by atoms with Crippen LogP contribution in [-0.4, -0.2) is 48.3 Å². The summed E-state index contributed by atoms with van der Waals surface area (Å²) >= 11 is 0. The van der Waals surface area contributed by atoms with Crippen molar-refractivity contribution in [2.45, 2.75) is 32.0 Å². The number of hydrogen-bond acceptors (Lipinski definition) is 4. The monoisotopic (exact) mass is 187 g/mol. The summed E-state index contributed by atoms with van der Waals surface area (Å²) in [6.07, 6.45) is 0.0529. The minimum Gasteiger partial charge on any atom is -0.396 e. The second-order valence-electron chi connectivity index (χ2n) is 4.37. The molecule has 2 heterocycles. The van der Waals surface area contributed by atoms with Crippen molar-refractivity contribution in [3.05, 3.63) is 0 Å². The zero-order chi connectivity index (χ0) is 9.64. The minimum absolute atomic E-state index is 0.0205. The van der Waals surface area contributed by atoms with Crippen LogP contribution in [0.1, 0.15) is 13.8 Å². The molecule has 13 heavy (non-hydrogen) atoms. The predicted molar refractivity (Wildman–Crippen MR) is 47.0 cm³/mol. The lowest BCUT2D eigenvalue weighted by molar-refractivity contribution is -0.171. The maximum Gasteiger partial charge on any atom is 0.165 e. The second kappa shape index (κ2) is 2.92. The number of nitrogens with zero attached hydrogens (tertiary/aromatic N) is 1. The number of aliphatic hydroxyl groups is 1. The van der Waals surface area contributed by atoms with E-state index in [0.717, 1.165) is 6.54 Å². The van der Waals surface area contributed by atoms with Crippen LogP contribution in [0.25, 0.3) is 0 Å². The zero-order valence-corrected chi connectivity index (χ0v) is 8.36. The molecule has 3 atom stereocenters. The molecular formula is C9H17NO3. The molecule has 2 aliphatic rings. The van der Waals surface area contributed by atoms with Gasteiger partial charge in [0.15, 0.2) is 5.79 Å². The minimum atomic E-state index is -0.503. The van der Waals surface area contributed by atoms with Crippen LogP contribution in [0.4, 0.5) is 0 Å². The van der Waals surface area contributed by atoms with Crippen molar-refractivity contribution >= 4 is 0 Å². The van der Waals surface area contributed by atoms with E-state index in [0.29, 0.717) is 0 Å². The molecule has 2 fully saturated rings. The van der Waals surface area contributed by atoms with Gasteiger partial charge in [0.25, 0.3) is 0 Å². The molecule has 0 aromatic rings. The number of hydrogen-bond donors (Lipinski definition) is 1. The van der Waals surface area contributed by atoms with Crippen LogP contribution in [0.15, 0.2) is 0 Å². The summed E-state index contributed by atoms with van der Waals surface area (Å²) in [5.74, 6) is -0.311. The van der Waals surface area contributed by atoms with Gasteiger partial charge >= 0.3 is 0 Å². The summed E-state index contributed by atoms with van der Waals surface area (Å²) in [7, 11) is 2.00. The molecule has 4 heteroatoms. The van der Waals surface area contributed by atoms with E-state index < -0.39 is 5.79 Å². The second-order valence-corrected chi connectivity index (χ2v) is 4.37. The van der Waals surface area contributed by atoms with Gasteiger partial charge in [0, 0.05) is 19.1 Å². The van der Waals surface area contributed by atoms with Gasteiger partial charge in [-0.1, -0.05) is 0 Å². The number of ether oxygens (including phenoxy) is 2. The Labute approximate surface area is 78.4 Å². The largest absolute Gasteiger partial charge is 0.396 e. The molecule has 0 aliphatic carbocycles. The number of fused-ring (bicyclic) bond motifs is 1. The SMILES string of the molecule is CN1C[C@H](CO)[C@H]2OC(C)(C)O[C@@H]21. The molecule has 0 bridgehead atoms. The van der Waals surface area contributed by atoms with Gasteiger partial charge in [-0.25, -0.2) is 0 Å². The van der Waals surface area contributed by atoms with Crippen molar-refractivity contribution in [2.24, 2.45) is 5.92 Å². The van der Waals surface area contributed by atoms with Crippen LogP contribution in [0.3, 0.4) is 0 Å². The molecule has 0 saturated carbocycles. The molecule has 76 valence electrons. The molecule has 2 rings (SSSR count). The number of likely N-dealkylation sites (N-methyl/N-ethyl adjacent to an activating group) is 1. The third kappa shape index (κ3) is 1.48. The maximum absolute atomic E-state index is 9.14. The van der Waals surface area contributed by atoms with Crippen molar-refractivity contribution in [1.29, 1.82) is 0 Å². The molecule has 0 radical (unpaired) electrons. The summed E-state index contributed by atoms with van der Waals surface area (Å²) in [5.41, 5.74) is 0. The molecule has 0 spiro atoms. The first-order valence-electron chi connectivity index (χ1n) is 4.70. The molecule has 0 amide bonds. The van der Waals surface area contributed by atoms with Crippen molar-refractivity contribution < 1.29 is 14.6 Å². The fourth-order valence-corrected chi connectivity index (χ4v) is 2.18. The van der Waals surface area contributed by atoms with Crippen LogP contribution in [0, 0.1) is 5.92 Å². The third-order valence-electron chi connectivity index (χ3n) is 2.76. The Hall–Kier alpha value is -0.160. The maximum atomic E-state index is 9.14. The van der Waals surface area contributed by atoms with Crippen LogP contribution >= 0.6 is 0 Å². The van der Waals surface area contributed by atoms with E-state index in [1.165, 1.54) is 0 Å². The van der Waals surface area contributed by atoms with Gasteiger partial charge in [0.2, 0.25) is 0 Å². The van der Waals surface area contributed by atoms with Gasteiger partial charge in [0.05, 0.1) is 0 Å². The van der Waals surface area contributed by atoms with Crippen molar-refractivity contribution in [3.8, 4) is 0 Å². The standard InChI is InChI=1S/C9H17NO3/c1-9(2)12-7-6(5-11)4-10(3)8(7)13-9/h6-8,11H,4-5H2,1-3H3/t6-,7-,8+/m1/s1. The lowest BCUT2D eigenvalue weighted by Gasteiger charge is -2.22. The fraction of sp³-hybridized carbons (Fsp3) is 1.00. The summed E-state index contributed by atoms with van der Waals surface area (Å²) < 4.78 is 11.4. The Kier molecular flexibility index (Phi) is 2.11. The van der Waals surface area contributed by atoms with E-state index in [1.807, 2.05) is 20.9 Å². The Morgan fingerprint density at radius 1 is 1.46 bits per heavy atom. The lowest BCUT2D eigenvalue weighted by atomic mass is 10.1. The van der Waals surface area contributed by atoms with E-state index in [-0.39, 0.29) is 24.9 Å². The molecule has 2 saturated heterocycles. The first-order chi connectivity index (χ1) is 6.03. The van der Waals surface area contributed by atoms with Gasteiger partial charge in [-0.15, -0.1) is 0 Å². The first kappa shape index (κ1) is 9.40. The van der Waals surface area contributed by atoms with Gasteiger partial charge < -0.3 is 14.6 Å². The molecule has 1 N–H and O–H groups in total. The molecule has 4 nitrogen and oxygen atoms in total. The Morgan fingerprint density at radius 3 is 2.77 bits per heavy atom. The first-order valence-corrected chi connectivity index (χ1v) is 4.70. The molecule has 2 aliphatic heterocycles. The smallest absolute Gasteiger partial charge is 0.165 e. The quantitative estimate of drug-likeness (QED) is 0.628. The van der Waals surface area contributed by atoms with Crippen molar-refractivity contribution in [2.75, 3.05) is 20.2 Å². The van der Waals surface area contributed by atoms with Crippen molar-refractivity contribution in [1.82, 2.24) is 4.90 Å². The number of aliphatic hydroxyl groups excluding tert-OH is 1. The van der Waals surface area contributed by atoms with Crippen LogP contribution in [0.2, 0.25) is 0 Å². The highest BCUT2D eigenvalue weighted by Crippen LogP contribution is 2.37. The van der Waals surface area contributed by atoms with E-state index in [4.69, 9.17) is 14.6 Å². The van der Waals surface area contributed by atoms with Gasteiger partial charge in [-0.05, 0) is 20.9 Å². The summed E-state index contributed by atoms with van der Waals surface area (Å²) in [4.78, 5) is 2.10. The summed E-state index contributed by atoms with van der Waals surface area (Å²) in [5, 5.41) is 9.14. The predicted octanol–water partition coefficient (Wildman–Crippen LogP) is 0.0179. The van der Waals surface area contributed by atoms with Gasteiger partial charge in [-0.2, -0.15) is 0 Å². The highest BCUT2D eigenvalue weighted by Gasteiger charge is 2.51. The molecule has 0 aromatic carbocycles. The Balaban J connectivity index is 2.12. The number of likely N-dealkylation sites (tertiary alicyclic amines) is 1. The van der Waals surface area contributed by atoms with Crippen LogP contribution in [-0.2, 0) is 9.47 Å². The molecular weight excluding hydrogens is 170 g/mol. The van der Waals surface area contributed by atoms with E-state index >= 15 is 0 Å². The van der Waals surface area contributed by atoms with Crippen LogP contribution < -0.4 is 0 Å². The Morgan fingerprint density at radius 2 is 2.15 bits per heavy atom. The third-order valence-corrected chi connectivity index (χ3v) is 2.76. The van der Waals surface area contributed by atoms with E-state index in [2.05, 4.69) is 4.90 Å². The van der Waals surface area contributed by atoms with Crippen LogP contribution in [0.5, 0.6) is 0 Å². The highest BCUT2D eigenvalue weighted by atomic mass is 16.8. The Bertz CT molecular complexity index is 207. The van der Waals surface area contributed by atoms with Crippen molar-refractivity contribution in [3.63, 3.8) is 0 Å². The average Bonchev–Trinajstić information content (AvgIpc) is 2.47. The summed E-state index contributed by atoms with van der Waals surface area (Å²) in [6, 6.07) is 0. The normalized spacial score (nSPS) is 43.8. The average molecular weight is 187 g/mol. The number of rotatable bonds is 1. The highest BCUT2D eigenvalue weighted by molar-refractivity contribution is 4.92. The lowest BCUT2D eigenvalue weighted by Crippen LogP contribution is -2.31. The van der Waals surface area contributed by atoms with E-state index in [1.54, 1.807) is 0 Å². The topological polar surface area (TPSA) is 41.9 Å². The van der Waals surface area contributed by atoms with Gasteiger partial charge in [0.1, 0.15) is 12.3 Å². The molecule has 0 aromatic heterocycles. The summed E-state index contributed by atoms with van der Waals surface area (Å²) in [6.45, 7) is 4.84. The fourth-order valence-electron chi connectivity index (χ4n) is 2.18. The van der Waals surface area contributed by atoms with E-state index in [9.17, 15) is 0 Å². The zero-order valence-electron chi connectivity index (χ0n) is 8.36. The van der Waals surface area contributed by atoms with Gasteiger partial charge in [-0.3, -0.25) is 4.90 Å². The molecule has 0 unspecified atom stereocenters.